The molecule has 0 spiro atoms. The molecule has 0 unspecified atom stereocenters. The van der Waals surface area contributed by atoms with Crippen LogP contribution < -0.4 is 5.32 Å². The van der Waals surface area contributed by atoms with Crippen LogP contribution in [0.4, 0.5) is 5.69 Å². The van der Waals surface area contributed by atoms with E-state index in [0.717, 1.165) is 25.8 Å². The Balaban J connectivity index is 1.83. The topological polar surface area (TPSA) is 78.8 Å². The van der Waals surface area contributed by atoms with E-state index in [-0.39, 0.29) is 10.8 Å². The number of carbonyl (C=O) groups is 1. The first-order valence-electron chi connectivity index (χ1n) is 8.56. The number of amidine groups is 1. The maximum atomic E-state index is 12.7. The van der Waals surface area contributed by atoms with Gasteiger partial charge in [0, 0.05) is 30.2 Å². The SMILES string of the molecule is CN1CCCCC/C1=N\S(=O)(=O)c1cccc(NC(=O)c2sccc2Br)c1. The lowest BCUT2D eigenvalue weighted by Crippen LogP contribution is -2.26. The summed E-state index contributed by atoms with van der Waals surface area (Å²) in [5, 5.41) is 4.54. The van der Waals surface area contributed by atoms with Crippen LogP contribution in [0.15, 0.2) is 49.5 Å². The molecule has 144 valence electrons. The number of hydrogen-bond donors (Lipinski definition) is 1. The maximum absolute atomic E-state index is 12.7. The molecule has 0 aliphatic carbocycles. The highest BCUT2D eigenvalue weighted by atomic mass is 79.9. The maximum Gasteiger partial charge on any atom is 0.284 e. The van der Waals surface area contributed by atoms with Gasteiger partial charge in [-0.05, 0) is 58.4 Å². The molecular formula is C18H20BrN3O3S2. The number of hydrogen-bond acceptors (Lipinski definition) is 4. The third-order valence-electron chi connectivity index (χ3n) is 4.27. The molecule has 1 aromatic heterocycles. The van der Waals surface area contributed by atoms with Crippen molar-refractivity contribution in [2.24, 2.45) is 4.40 Å². The van der Waals surface area contributed by atoms with Crippen LogP contribution in [-0.4, -0.2) is 38.7 Å². The summed E-state index contributed by atoms with van der Waals surface area (Å²) >= 11 is 4.63. The summed E-state index contributed by atoms with van der Waals surface area (Å²) in [7, 11) is -1.97. The van der Waals surface area contributed by atoms with Gasteiger partial charge in [-0.3, -0.25) is 4.79 Å². The first-order chi connectivity index (χ1) is 12.9. The zero-order valence-electron chi connectivity index (χ0n) is 14.8. The van der Waals surface area contributed by atoms with Crippen molar-refractivity contribution in [3.05, 3.63) is 45.1 Å². The lowest BCUT2D eigenvalue weighted by molar-refractivity contribution is 0.103. The second kappa shape index (κ2) is 8.53. The van der Waals surface area contributed by atoms with Crippen LogP contribution in [0, 0.1) is 0 Å². The standard InChI is InChI=1S/C18H20BrN3O3S2/c1-22-10-4-2-3-8-16(22)21-27(24,25)14-7-5-6-13(12-14)20-18(23)17-15(19)9-11-26-17/h5-7,9,11-12H,2-4,8,10H2,1H3,(H,20,23)/b21-16+. The minimum Gasteiger partial charge on any atom is -0.362 e. The van der Waals surface area contributed by atoms with Gasteiger partial charge in [-0.1, -0.05) is 12.5 Å². The molecule has 1 aliphatic heterocycles. The van der Waals surface area contributed by atoms with Crippen molar-refractivity contribution >= 4 is 54.7 Å². The van der Waals surface area contributed by atoms with Crippen LogP contribution in [-0.2, 0) is 10.0 Å². The average molecular weight is 470 g/mol. The van der Waals surface area contributed by atoms with Crippen molar-refractivity contribution in [1.29, 1.82) is 0 Å². The Morgan fingerprint density at radius 3 is 2.81 bits per heavy atom. The Kier molecular flexibility index (Phi) is 6.33. The molecule has 2 heterocycles. The zero-order valence-corrected chi connectivity index (χ0v) is 18.0. The Hall–Kier alpha value is -1.71. The summed E-state index contributed by atoms with van der Waals surface area (Å²) in [6, 6.07) is 7.98. The van der Waals surface area contributed by atoms with Crippen molar-refractivity contribution in [3.8, 4) is 0 Å². The smallest absolute Gasteiger partial charge is 0.284 e. The van der Waals surface area contributed by atoms with Gasteiger partial charge in [-0.2, -0.15) is 8.42 Å². The van der Waals surface area contributed by atoms with E-state index in [2.05, 4.69) is 25.6 Å². The van der Waals surface area contributed by atoms with Crippen LogP contribution in [0.5, 0.6) is 0 Å². The van der Waals surface area contributed by atoms with E-state index in [4.69, 9.17) is 0 Å². The van der Waals surface area contributed by atoms with Crippen LogP contribution in [0.2, 0.25) is 0 Å². The molecule has 2 aromatic rings. The Morgan fingerprint density at radius 2 is 2.07 bits per heavy atom. The highest BCUT2D eigenvalue weighted by molar-refractivity contribution is 9.10. The number of anilines is 1. The number of benzene rings is 1. The predicted molar refractivity (Wildman–Crippen MR) is 112 cm³/mol. The highest BCUT2D eigenvalue weighted by Crippen LogP contribution is 2.25. The molecule has 3 rings (SSSR count). The monoisotopic (exact) mass is 469 g/mol. The van der Waals surface area contributed by atoms with Gasteiger partial charge in [0.05, 0.1) is 4.90 Å². The van der Waals surface area contributed by atoms with Crippen molar-refractivity contribution < 1.29 is 13.2 Å². The number of carbonyl (C=O) groups excluding carboxylic acids is 1. The van der Waals surface area contributed by atoms with Crippen molar-refractivity contribution in [3.63, 3.8) is 0 Å². The molecule has 27 heavy (non-hydrogen) atoms. The number of rotatable bonds is 4. The van der Waals surface area contributed by atoms with E-state index in [0.29, 0.717) is 27.3 Å². The van der Waals surface area contributed by atoms with Crippen molar-refractivity contribution in [2.75, 3.05) is 18.9 Å². The van der Waals surface area contributed by atoms with E-state index in [1.807, 2.05) is 11.9 Å². The van der Waals surface area contributed by atoms with E-state index in [1.54, 1.807) is 23.6 Å². The third-order valence-corrected chi connectivity index (χ3v) is 7.41. The molecule has 9 heteroatoms. The second-order valence-electron chi connectivity index (χ2n) is 6.29. The number of nitrogens with zero attached hydrogens (tertiary/aromatic N) is 2. The Bertz CT molecular complexity index is 970. The van der Waals surface area contributed by atoms with Crippen molar-refractivity contribution in [1.82, 2.24) is 4.90 Å². The van der Waals surface area contributed by atoms with E-state index >= 15 is 0 Å². The first kappa shape index (κ1) is 20.0. The third kappa shape index (κ3) is 4.97. The Morgan fingerprint density at radius 1 is 1.26 bits per heavy atom. The fourth-order valence-electron chi connectivity index (χ4n) is 2.81. The summed E-state index contributed by atoms with van der Waals surface area (Å²) in [6.45, 7) is 0.806. The number of amides is 1. The van der Waals surface area contributed by atoms with Gasteiger partial charge in [0.2, 0.25) is 0 Å². The fraction of sp³-hybridized carbons (Fsp3) is 0.333. The van der Waals surface area contributed by atoms with Crippen LogP contribution in [0.25, 0.3) is 0 Å². The number of nitrogens with one attached hydrogen (secondary N) is 1. The summed E-state index contributed by atoms with van der Waals surface area (Å²) in [4.78, 5) is 14.8. The first-order valence-corrected chi connectivity index (χ1v) is 11.7. The molecule has 1 aromatic carbocycles. The molecule has 0 bridgehead atoms. The lowest BCUT2D eigenvalue weighted by Gasteiger charge is -2.17. The molecule has 6 nitrogen and oxygen atoms in total. The summed E-state index contributed by atoms with van der Waals surface area (Å²) in [5.74, 6) is 0.297. The summed E-state index contributed by atoms with van der Waals surface area (Å²) in [6.07, 6.45) is 3.70. The predicted octanol–water partition coefficient (Wildman–Crippen LogP) is 4.36. The normalized spacial score (nSPS) is 17.0. The largest absolute Gasteiger partial charge is 0.362 e. The molecule has 1 N–H and O–H groups in total. The van der Waals surface area contributed by atoms with E-state index < -0.39 is 10.0 Å². The molecule has 1 aliphatic rings. The highest BCUT2D eigenvalue weighted by Gasteiger charge is 2.19. The number of thiophene rings is 1. The van der Waals surface area contributed by atoms with Gasteiger partial charge in [-0.25, -0.2) is 0 Å². The molecule has 0 saturated carbocycles. The average Bonchev–Trinajstić information content (AvgIpc) is 2.96. The summed E-state index contributed by atoms with van der Waals surface area (Å²) < 4.78 is 30.3. The van der Waals surface area contributed by atoms with Gasteiger partial charge in [0.15, 0.2) is 0 Å². The van der Waals surface area contributed by atoms with Gasteiger partial charge in [0.25, 0.3) is 15.9 Å². The van der Waals surface area contributed by atoms with E-state index in [9.17, 15) is 13.2 Å². The Labute approximate surface area is 171 Å². The van der Waals surface area contributed by atoms with Crippen LogP contribution in [0.3, 0.4) is 0 Å². The number of halogens is 1. The molecule has 1 saturated heterocycles. The summed E-state index contributed by atoms with van der Waals surface area (Å²) in [5.41, 5.74) is 0.413. The van der Waals surface area contributed by atoms with Gasteiger partial charge in [0.1, 0.15) is 10.7 Å². The van der Waals surface area contributed by atoms with Gasteiger partial charge in [-0.15, -0.1) is 15.7 Å². The second-order valence-corrected chi connectivity index (χ2v) is 9.67. The fourth-order valence-corrected chi connectivity index (χ4v) is 5.40. The van der Waals surface area contributed by atoms with Crippen molar-refractivity contribution in [2.45, 2.75) is 30.6 Å². The molecule has 0 radical (unpaired) electrons. The van der Waals surface area contributed by atoms with Gasteiger partial charge >= 0.3 is 0 Å². The molecule has 1 amide bonds. The number of likely N-dealkylation sites (tertiary alicyclic amines) is 1. The van der Waals surface area contributed by atoms with E-state index in [1.165, 1.54) is 23.5 Å². The van der Waals surface area contributed by atoms with Crippen LogP contribution in [0.1, 0.15) is 35.4 Å². The quantitative estimate of drug-likeness (QED) is 0.721. The van der Waals surface area contributed by atoms with Gasteiger partial charge < -0.3 is 10.2 Å². The zero-order chi connectivity index (χ0) is 19.4. The van der Waals surface area contributed by atoms with Crippen LogP contribution >= 0.6 is 27.3 Å². The molecule has 1 fully saturated rings. The minimum atomic E-state index is -3.84. The lowest BCUT2D eigenvalue weighted by atomic mass is 10.2. The molecular weight excluding hydrogens is 450 g/mol. The number of sulfonamides is 1. The molecule has 0 atom stereocenters. The minimum absolute atomic E-state index is 0.0655.